The van der Waals surface area contributed by atoms with Gasteiger partial charge in [-0.1, -0.05) is 39.7 Å². The Morgan fingerprint density at radius 2 is 1.96 bits per heavy atom. The van der Waals surface area contributed by atoms with Crippen molar-refractivity contribution < 1.29 is 13.2 Å². The van der Waals surface area contributed by atoms with Crippen molar-refractivity contribution in [2.45, 2.75) is 24.2 Å². The first-order chi connectivity index (χ1) is 12.4. The number of hydrogen-bond acceptors (Lipinski definition) is 3. The second kappa shape index (κ2) is 6.55. The van der Waals surface area contributed by atoms with Crippen LogP contribution < -0.4 is 9.62 Å². The van der Waals surface area contributed by atoms with E-state index in [0.29, 0.717) is 33.8 Å². The minimum absolute atomic E-state index is 0.0141. The Kier molecular flexibility index (Phi) is 4.49. The summed E-state index contributed by atoms with van der Waals surface area (Å²) in [6.45, 7) is 0.510. The number of fused-ring (bicyclic) bond motifs is 1. The summed E-state index contributed by atoms with van der Waals surface area (Å²) >= 11 is 9.48. The number of anilines is 2. The molecule has 2 aliphatic rings. The number of carbonyl (C=O) groups is 1. The molecule has 8 heteroatoms. The number of hydrogen-bond donors (Lipinski definition) is 1. The Morgan fingerprint density at radius 3 is 2.65 bits per heavy atom. The van der Waals surface area contributed by atoms with Gasteiger partial charge in [0, 0.05) is 16.9 Å². The van der Waals surface area contributed by atoms with Crippen LogP contribution in [0.5, 0.6) is 0 Å². The van der Waals surface area contributed by atoms with Crippen LogP contribution in [0.25, 0.3) is 0 Å². The zero-order chi connectivity index (χ0) is 18.5. The lowest BCUT2D eigenvalue weighted by atomic mass is 10.2. The van der Waals surface area contributed by atoms with Crippen molar-refractivity contribution in [1.29, 1.82) is 0 Å². The number of nitrogens with one attached hydrogen (secondary N) is 1. The summed E-state index contributed by atoms with van der Waals surface area (Å²) in [6.07, 6.45) is 2.39. The Labute approximate surface area is 165 Å². The summed E-state index contributed by atoms with van der Waals surface area (Å²) in [5.41, 5.74) is 1.65. The molecule has 136 valence electrons. The van der Waals surface area contributed by atoms with Gasteiger partial charge in [-0.25, -0.2) is 8.42 Å². The van der Waals surface area contributed by atoms with Gasteiger partial charge in [-0.15, -0.1) is 0 Å². The van der Waals surface area contributed by atoms with Crippen LogP contribution in [0.1, 0.15) is 18.4 Å². The van der Waals surface area contributed by atoms with Crippen molar-refractivity contribution in [2.75, 3.05) is 16.2 Å². The van der Waals surface area contributed by atoms with E-state index >= 15 is 0 Å². The summed E-state index contributed by atoms with van der Waals surface area (Å²) in [6, 6.07) is 10.1. The minimum atomic E-state index is -3.91. The maximum Gasteiger partial charge on any atom is 0.264 e. The lowest BCUT2D eigenvalue weighted by Crippen LogP contribution is -2.31. The Balaban J connectivity index is 1.79. The molecule has 1 heterocycles. The normalized spacial score (nSPS) is 16.5. The van der Waals surface area contributed by atoms with Crippen molar-refractivity contribution in [3.8, 4) is 0 Å². The third-order valence-electron chi connectivity index (χ3n) is 4.59. The van der Waals surface area contributed by atoms with Crippen LogP contribution in [-0.2, 0) is 21.2 Å². The molecule has 0 unspecified atom stereocenters. The Bertz CT molecular complexity index is 1010. The van der Waals surface area contributed by atoms with Gasteiger partial charge in [-0.2, -0.15) is 0 Å². The molecule has 0 spiro atoms. The summed E-state index contributed by atoms with van der Waals surface area (Å²) < 4.78 is 29.4. The largest absolute Gasteiger partial charge is 0.310 e. The fraction of sp³-hybridized carbons (Fsp3) is 0.278. The van der Waals surface area contributed by atoms with Crippen molar-refractivity contribution in [3.05, 3.63) is 51.5 Å². The standard InChI is InChI=1S/C18H16BrClN2O3S/c19-13-9-12-7-8-22(18(23)11-5-6-11)17(12)16(10-13)26(24,25)21-15-4-2-1-3-14(15)20/h1-4,9-11,21H,5-8H2. The zero-order valence-corrected chi connectivity index (χ0v) is 16.9. The predicted octanol–water partition coefficient (Wildman–Crippen LogP) is 4.20. The number of carbonyl (C=O) groups excluding carboxylic acids is 1. The summed E-state index contributed by atoms with van der Waals surface area (Å²) in [5.74, 6) is 0.0388. The molecule has 0 atom stereocenters. The molecule has 1 aliphatic heterocycles. The molecule has 1 saturated carbocycles. The zero-order valence-electron chi connectivity index (χ0n) is 13.7. The lowest BCUT2D eigenvalue weighted by Gasteiger charge is -2.21. The van der Waals surface area contributed by atoms with E-state index in [4.69, 9.17) is 11.6 Å². The van der Waals surface area contributed by atoms with Crippen LogP contribution in [0.4, 0.5) is 11.4 Å². The second-order valence-corrected chi connectivity index (χ2v) is 9.48. The monoisotopic (exact) mass is 454 g/mol. The molecular formula is C18H16BrClN2O3S. The van der Waals surface area contributed by atoms with Gasteiger partial charge in [0.15, 0.2) is 0 Å². The van der Waals surface area contributed by atoms with Gasteiger partial charge in [0.05, 0.1) is 16.4 Å². The highest BCUT2D eigenvalue weighted by Crippen LogP contribution is 2.41. The number of benzene rings is 2. The molecule has 2 aromatic carbocycles. The van der Waals surface area contributed by atoms with Gasteiger partial charge >= 0.3 is 0 Å². The third-order valence-corrected chi connectivity index (χ3v) is 6.76. The number of nitrogens with zero attached hydrogens (tertiary/aromatic N) is 1. The van der Waals surface area contributed by atoms with Gasteiger partial charge < -0.3 is 4.90 Å². The van der Waals surface area contributed by atoms with Gasteiger partial charge in [0.25, 0.3) is 10.0 Å². The first-order valence-electron chi connectivity index (χ1n) is 8.28. The number of para-hydroxylation sites is 1. The fourth-order valence-corrected chi connectivity index (χ4v) is 5.44. The maximum atomic E-state index is 13.1. The van der Waals surface area contributed by atoms with Crippen LogP contribution >= 0.6 is 27.5 Å². The van der Waals surface area contributed by atoms with E-state index in [9.17, 15) is 13.2 Å². The maximum absolute atomic E-state index is 13.1. The van der Waals surface area contributed by atoms with E-state index in [2.05, 4.69) is 20.7 Å². The molecule has 5 nitrogen and oxygen atoms in total. The molecule has 0 bridgehead atoms. The minimum Gasteiger partial charge on any atom is -0.310 e. The third kappa shape index (κ3) is 3.23. The molecular weight excluding hydrogens is 440 g/mol. The van der Waals surface area contributed by atoms with Gasteiger partial charge in [0.1, 0.15) is 4.90 Å². The summed E-state index contributed by atoms with van der Waals surface area (Å²) in [7, 11) is -3.91. The lowest BCUT2D eigenvalue weighted by molar-refractivity contribution is -0.119. The summed E-state index contributed by atoms with van der Waals surface area (Å²) in [5, 5.41) is 0.314. The van der Waals surface area contributed by atoms with Crippen LogP contribution in [0.15, 0.2) is 45.8 Å². The molecule has 0 saturated heterocycles. The van der Waals surface area contributed by atoms with Crippen molar-refractivity contribution in [2.24, 2.45) is 5.92 Å². The molecule has 1 N–H and O–H groups in total. The van der Waals surface area contributed by atoms with Crippen LogP contribution in [0.2, 0.25) is 5.02 Å². The molecule has 2 aromatic rings. The first kappa shape index (κ1) is 17.8. The Hall–Kier alpha value is -1.57. The smallest absolute Gasteiger partial charge is 0.264 e. The molecule has 26 heavy (non-hydrogen) atoms. The van der Waals surface area contributed by atoms with E-state index < -0.39 is 10.0 Å². The van der Waals surface area contributed by atoms with E-state index in [1.54, 1.807) is 29.2 Å². The highest BCUT2D eigenvalue weighted by molar-refractivity contribution is 9.10. The van der Waals surface area contributed by atoms with Crippen LogP contribution in [-0.4, -0.2) is 20.9 Å². The SMILES string of the molecule is O=C(C1CC1)N1CCc2cc(Br)cc(S(=O)(=O)Nc3ccccc3Cl)c21. The van der Waals surface area contributed by atoms with Crippen molar-refractivity contribution in [1.82, 2.24) is 0 Å². The average Bonchev–Trinajstić information content (AvgIpc) is 3.35. The van der Waals surface area contributed by atoms with Crippen molar-refractivity contribution >= 4 is 54.8 Å². The first-order valence-corrected chi connectivity index (χ1v) is 10.9. The molecule has 4 rings (SSSR count). The fourth-order valence-electron chi connectivity index (χ4n) is 3.19. The summed E-state index contributed by atoms with van der Waals surface area (Å²) in [4.78, 5) is 14.3. The number of sulfonamides is 1. The number of halogens is 2. The predicted molar refractivity (Wildman–Crippen MR) is 105 cm³/mol. The van der Waals surface area contributed by atoms with Crippen LogP contribution in [0, 0.1) is 5.92 Å². The molecule has 1 fully saturated rings. The molecule has 0 aromatic heterocycles. The highest BCUT2D eigenvalue weighted by Gasteiger charge is 2.39. The van der Waals surface area contributed by atoms with E-state index in [1.807, 2.05) is 6.07 Å². The van der Waals surface area contributed by atoms with E-state index in [1.165, 1.54) is 6.07 Å². The molecule has 1 amide bonds. The average molecular weight is 456 g/mol. The molecule has 0 radical (unpaired) electrons. The second-order valence-electron chi connectivity index (χ2n) is 6.51. The van der Waals surface area contributed by atoms with Gasteiger partial charge in [0.2, 0.25) is 5.91 Å². The van der Waals surface area contributed by atoms with Crippen LogP contribution in [0.3, 0.4) is 0 Å². The van der Waals surface area contributed by atoms with E-state index in [-0.39, 0.29) is 16.7 Å². The quantitative estimate of drug-likeness (QED) is 0.751. The van der Waals surface area contributed by atoms with Crippen molar-refractivity contribution in [3.63, 3.8) is 0 Å². The van der Waals surface area contributed by atoms with Gasteiger partial charge in [-0.3, -0.25) is 9.52 Å². The topological polar surface area (TPSA) is 66.5 Å². The highest BCUT2D eigenvalue weighted by atomic mass is 79.9. The number of rotatable bonds is 4. The van der Waals surface area contributed by atoms with E-state index in [0.717, 1.165) is 18.4 Å². The number of amides is 1. The molecule has 1 aliphatic carbocycles. The Morgan fingerprint density at radius 1 is 1.23 bits per heavy atom. The van der Waals surface area contributed by atoms with Gasteiger partial charge in [-0.05, 0) is 49.1 Å².